The molecular formula is C27H21Cl2NOP+. The average Bonchev–Trinajstić information content (AvgIpc) is 2.86. The van der Waals surface area contributed by atoms with Gasteiger partial charge in [0, 0.05) is 10.6 Å². The molecule has 0 fully saturated rings. The van der Waals surface area contributed by atoms with Crippen LogP contribution in [0.1, 0.15) is 10.4 Å². The number of halogens is 2. The smallest absolute Gasteiger partial charge is 0.258 e. The van der Waals surface area contributed by atoms with Gasteiger partial charge in [0.05, 0.1) is 5.54 Å². The van der Waals surface area contributed by atoms with Gasteiger partial charge in [-0.25, -0.2) is 0 Å². The van der Waals surface area contributed by atoms with Gasteiger partial charge in [-0.15, -0.1) is 0 Å². The number of nitrogens with one attached hydrogen (secondary N) is 1. The van der Waals surface area contributed by atoms with Crippen molar-refractivity contribution in [1.82, 2.24) is 5.32 Å². The van der Waals surface area contributed by atoms with Crippen LogP contribution in [-0.2, 0) is 0 Å². The number of amides is 1. The molecule has 0 unspecified atom stereocenters. The first kappa shape index (κ1) is 22.3. The highest BCUT2D eigenvalue weighted by molar-refractivity contribution is 7.99. The van der Waals surface area contributed by atoms with Crippen LogP contribution in [0, 0.1) is 0 Å². The summed E-state index contributed by atoms with van der Waals surface area (Å²) >= 11 is 12.5. The molecule has 2 nitrogen and oxygen atoms in total. The molecule has 0 spiro atoms. The van der Waals surface area contributed by atoms with Crippen molar-refractivity contribution in [2.45, 2.75) is 0 Å². The van der Waals surface area contributed by atoms with Crippen LogP contribution in [0.2, 0.25) is 5.02 Å². The van der Waals surface area contributed by atoms with E-state index in [-0.39, 0.29) is 5.91 Å². The summed E-state index contributed by atoms with van der Waals surface area (Å²) in [7, 11) is -2.48. The van der Waals surface area contributed by atoms with Crippen LogP contribution in [-0.4, -0.2) is 5.91 Å². The van der Waals surface area contributed by atoms with Crippen LogP contribution in [0.5, 0.6) is 0 Å². The molecule has 0 heterocycles. The number of hydrogen-bond acceptors (Lipinski definition) is 1. The van der Waals surface area contributed by atoms with E-state index >= 15 is 0 Å². The third-order valence-electron chi connectivity index (χ3n) is 5.24. The van der Waals surface area contributed by atoms with Crippen molar-refractivity contribution in [1.29, 1.82) is 0 Å². The van der Waals surface area contributed by atoms with Crippen LogP contribution in [0.15, 0.2) is 126 Å². The molecule has 0 aliphatic rings. The van der Waals surface area contributed by atoms with E-state index < -0.39 is 7.26 Å². The van der Waals surface area contributed by atoms with E-state index in [1.54, 1.807) is 24.3 Å². The van der Waals surface area contributed by atoms with Gasteiger partial charge in [0.15, 0.2) is 12.7 Å². The Morgan fingerprint density at radius 3 is 1.44 bits per heavy atom. The Balaban J connectivity index is 1.93. The summed E-state index contributed by atoms with van der Waals surface area (Å²) < 4.78 is 0. The molecule has 5 heteroatoms. The number of hydrogen-bond donors (Lipinski definition) is 1. The van der Waals surface area contributed by atoms with E-state index in [0.29, 0.717) is 16.0 Å². The van der Waals surface area contributed by atoms with Crippen LogP contribution >= 0.6 is 30.5 Å². The molecule has 0 aliphatic carbocycles. The summed E-state index contributed by atoms with van der Waals surface area (Å²) in [6.07, 6.45) is 0. The first-order chi connectivity index (χ1) is 15.7. The maximum absolute atomic E-state index is 13.2. The van der Waals surface area contributed by atoms with Crippen molar-refractivity contribution in [3.63, 3.8) is 0 Å². The molecule has 4 aromatic carbocycles. The zero-order valence-electron chi connectivity index (χ0n) is 17.2. The Bertz CT molecular complexity index is 1110. The summed E-state index contributed by atoms with van der Waals surface area (Å²) in [6, 6.07) is 37.5. The first-order valence-corrected chi connectivity index (χ1v) is 12.7. The second-order valence-corrected chi connectivity index (χ2v) is 11.2. The highest BCUT2D eigenvalue weighted by Crippen LogP contribution is 2.61. The lowest BCUT2D eigenvalue weighted by Crippen LogP contribution is -2.38. The molecule has 158 valence electrons. The van der Waals surface area contributed by atoms with Crippen LogP contribution < -0.4 is 21.2 Å². The Morgan fingerprint density at radius 2 is 1.06 bits per heavy atom. The van der Waals surface area contributed by atoms with E-state index in [1.165, 1.54) is 5.54 Å². The van der Waals surface area contributed by atoms with E-state index in [0.717, 1.165) is 15.9 Å². The van der Waals surface area contributed by atoms with Crippen molar-refractivity contribution in [2.24, 2.45) is 0 Å². The Hall–Kier alpha value is -2.90. The molecule has 1 N–H and O–H groups in total. The van der Waals surface area contributed by atoms with Crippen LogP contribution in [0.25, 0.3) is 0 Å². The van der Waals surface area contributed by atoms with Gasteiger partial charge in [-0.3, -0.25) is 10.1 Å². The fraction of sp³-hybridized carbons (Fsp3) is 0. The van der Waals surface area contributed by atoms with Gasteiger partial charge in [-0.2, -0.15) is 0 Å². The highest BCUT2D eigenvalue weighted by Gasteiger charge is 2.50. The second kappa shape index (κ2) is 10.1. The third kappa shape index (κ3) is 4.36. The number of rotatable bonds is 6. The molecular weight excluding hydrogens is 456 g/mol. The molecule has 4 aromatic rings. The summed E-state index contributed by atoms with van der Waals surface area (Å²) in [5, 5.41) is 7.01. The molecule has 32 heavy (non-hydrogen) atoms. The quantitative estimate of drug-likeness (QED) is 0.334. The number of carbonyl (C=O) groups excluding carboxylic acids is 1. The SMILES string of the molecule is O=C(NC(=CCl)[P+](c1ccccc1)(c1ccccc1)c1ccccc1)c1ccc(Cl)cc1. The molecule has 0 saturated heterocycles. The van der Waals surface area contributed by atoms with Gasteiger partial charge in [0.1, 0.15) is 15.9 Å². The van der Waals surface area contributed by atoms with Crippen LogP contribution in [0.4, 0.5) is 0 Å². The molecule has 4 rings (SSSR count). The van der Waals surface area contributed by atoms with Crippen molar-refractivity contribution >= 4 is 52.3 Å². The molecule has 1 amide bonds. The van der Waals surface area contributed by atoms with Gasteiger partial charge in [0.2, 0.25) is 0 Å². The molecule has 0 radical (unpaired) electrons. The number of carbonyl (C=O) groups is 1. The lowest BCUT2D eigenvalue weighted by molar-refractivity contribution is 0.0968. The lowest BCUT2D eigenvalue weighted by atomic mass is 10.2. The average molecular weight is 477 g/mol. The maximum Gasteiger partial charge on any atom is 0.258 e. The fourth-order valence-electron chi connectivity index (χ4n) is 3.79. The Morgan fingerprint density at radius 1 is 0.656 bits per heavy atom. The fourth-order valence-corrected chi connectivity index (χ4v) is 8.42. The van der Waals surface area contributed by atoms with Crippen molar-refractivity contribution in [2.75, 3.05) is 0 Å². The summed E-state index contributed by atoms with van der Waals surface area (Å²) in [5.74, 6) is -0.235. The predicted octanol–water partition coefficient (Wildman–Crippen LogP) is 6.10. The summed E-state index contributed by atoms with van der Waals surface area (Å²) in [5.41, 5.74) is 2.69. The minimum Gasteiger partial charge on any atom is -0.291 e. The lowest BCUT2D eigenvalue weighted by Gasteiger charge is -2.29. The van der Waals surface area contributed by atoms with Gasteiger partial charge < -0.3 is 0 Å². The van der Waals surface area contributed by atoms with Gasteiger partial charge in [-0.1, -0.05) is 77.8 Å². The van der Waals surface area contributed by atoms with Crippen LogP contribution in [0.3, 0.4) is 0 Å². The summed E-state index contributed by atoms with van der Waals surface area (Å²) in [4.78, 5) is 13.2. The molecule has 0 aromatic heterocycles. The van der Waals surface area contributed by atoms with E-state index in [1.807, 2.05) is 54.6 Å². The second-order valence-electron chi connectivity index (χ2n) is 7.13. The normalized spacial score (nSPS) is 11.8. The van der Waals surface area contributed by atoms with Crippen molar-refractivity contribution < 1.29 is 4.79 Å². The van der Waals surface area contributed by atoms with Gasteiger partial charge >= 0.3 is 0 Å². The van der Waals surface area contributed by atoms with E-state index in [4.69, 9.17) is 23.2 Å². The topological polar surface area (TPSA) is 29.1 Å². The highest BCUT2D eigenvalue weighted by atomic mass is 35.5. The van der Waals surface area contributed by atoms with E-state index in [9.17, 15) is 4.79 Å². The zero-order chi connectivity index (χ0) is 22.4. The molecule has 0 bridgehead atoms. The minimum atomic E-state index is -2.48. The zero-order valence-corrected chi connectivity index (χ0v) is 19.6. The summed E-state index contributed by atoms with van der Waals surface area (Å²) in [6.45, 7) is 0. The maximum atomic E-state index is 13.2. The van der Waals surface area contributed by atoms with Crippen molar-refractivity contribution in [3.05, 3.63) is 137 Å². The molecule has 0 atom stereocenters. The standard InChI is InChI=1S/C27H20Cl2NOP/c28-20-26(30-27(31)21-16-18-22(29)19-17-21)32(23-10-4-1-5-11-23,24-12-6-2-7-13-24)25-14-8-3-9-15-25/h1-20H/p+1. The minimum absolute atomic E-state index is 0.235. The predicted molar refractivity (Wildman–Crippen MR) is 138 cm³/mol. The molecule has 0 aliphatic heterocycles. The monoisotopic (exact) mass is 476 g/mol. The van der Waals surface area contributed by atoms with Gasteiger partial charge in [0.25, 0.3) is 5.91 Å². The first-order valence-electron chi connectivity index (χ1n) is 10.1. The largest absolute Gasteiger partial charge is 0.291 e. The Kier molecular flexibility index (Phi) is 7.07. The van der Waals surface area contributed by atoms with E-state index in [2.05, 4.69) is 41.7 Å². The molecule has 0 saturated carbocycles. The van der Waals surface area contributed by atoms with Crippen molar-refractivity contribution in [3.8, 4) is 0 Å². The number of benzene rings is 4. The van der Waals surface area contributed by atoms with Gasteiger partial charge in [-0.05, 0) is 60.7 Å². The Labute approximate surface area is 198 Å². The third-order valence-corrected chi connectivity index (χ3v) is 10.0.